The number of nitrogens with zero attached hydrogens (tertiary/aromatic N) is 2. The van der Waals surface area contributed by atoms with E-state index in [1.807, 2.05) is 29.0 Å². The summed E-state index contributed by atoms with van der Waals surface area (Å²) in [6.45, 7) is 4.07. The summed E-state index contributed by atoms with van der Waals surface area (Å²) in [5, 5.41) is 13.3. The van der Waals surface area contributed by atoms with E-state index in [2.05, 4.69) is 5.32 Å². The van der Waals surface area contributed by atoms with Crippen LogP contribution in [0.5, 0.6) is 11.5 Å². The van der Waals surface area contributed by atoms with E-state index >= 15 is 0 Å². The van der Waals surface area contributed by atoms with Crippen LogP contribution in [0, 0.1) is 0 Å². The third-order valence-electron chi connectivity index (χ3n) is 3.62. The largest absolute Gasteiger partial charge is 0.504 e. The van der Waals surface area contributed by atoms with Gasteiger partial charge in [0.25, 0.3) is 0 Å². The third kappa shape index (κ3) is 4.09. The molecule has 6 nitrogen and oxygen atoms in total. The number of methoxy groups -OCH3 is 1. The minimum absolute atomic E-state index is 0.126. The summed E-state index contributed by atoms with van der Waals surface area (Å²) < 4.78 is 5.09. The number of carbonyl (C=O) groups is 1. The molecule has 1 fully saturated rings. The number of amides is 1. The first-order chi connectivity index (χ1) is 10.1. The van der Waals surface area contributed by atoms with Crippen LogP contribution in [0.25, 0.3) is 0 Å². The third-order valence-corrected chi connectivity index (χ3v) is 3.62. The second-order valence-electron chi connectivity index (χ2n) is 5.27. The number of nitrogens with one attached hydrogen (secondary N) is 1. The number of rotatable bonds is 5. The van der Waals surface area contributed by atoms with Crippen LogP contribution in [-0.2, 0) is 11.3 Å². The molecule has 2 rings (SSSR count). The summed E-state index contributed by atoms with van der Waals surface area (Å²) in [5.74, 6) is 0.720. The van der Waals surface area contributed by atoms with Crippen molar-refractivity contribution in [3.8, 4) is 11.5 Å². The molecule has 0 spiro atoms. The quantitative estimate of drug-likeness (QED) is 0.815. The Kier molecular flexibility index (Phi) is 5.41. The Morgan fingerprint density at radius 2 is 2.14 bits per heavy atom. The Hall–Kier alpha value is -1.79. The van der Waals surface area contributed by atoms with E-state index in [9.17, 15) is 9.90 Å². The lowest BCUT2D eigenvalue weighted by Gasteiger charge is -2.29. The molecule has 6 heteroatoms. The summed E-state index contributed by atoms with van der Waals surface area (Å²) in [6, 6.07) is 5.38. The lowest BCUT2D eigenvalue weighted by Crippen LogP contribution is -2.49. The lowest BCUT2D eigenvalue weighted by atomic mass is 10.1. The zero-order valence-corrected chi connectivity index (χ0v) is 12.6. The molecule has 0 radical (unpaired) electrons. The number of benzene rings is 1. The molecule has 0 unspecified atom stereocenters. The van der Waals surface area contributed by atoms with Crippen LogP contribution >= 0.6 is 0 Å². The zero-order valence-electron chi connectivity index (χ0n) is 12.6. The van der Waals surface area contributed by atoms with Gasteiger partial charge >= 0.3 is 0 Å². The first kappa shape index (κ1) is 15.6. The second-order valence-corrected chi connectivity index (χ2v) is 5.27. The molecular formula is C15H23N3O3. The highest BCUT2D eigenvalue weighted by molar-refractivity contribution is 5.78. The number of hydrogen-bond donors (Lipinski definition) is 2. The van der Waals surface area contributed by atoms with Crippen LogP contribution in [0.15, 0.2) is 18.2 Å². The summed E-state index contributed by atoms with van der Waals surface area (Å²) in [5.41, 5.74) is 0.755. The van der Waals surface area contributed by atoms with Crippen molar-refractivity contribution in [2.75, 3.05) is 46.9 Å². The van der Waals surface area contributed by atoms with Crippen molar-refractivity contribution in [2.24, 2.45) is 0 Å². The molecule has 0 atom stereocenters. The number of piperazine rings is 1. The van der Waals surface area contributed by atoms with Gasteiger partial charge in [-0.1, -0.05) is 12.1 Å². The minimum Gasteiger partial charge on any atom is -0.504 e. The van der Waals surface area contributed by atoms with Gasteiger partial charge in [0.1, 0.15) is 0 Å². The molecule has 1 aliphatic heterocycles. The summed E-state index contributed by atoms with van der Waals surface area (Å²) in [4.78, 5) is 16.0. The Bertz CT molecular complexity index is 487. The van der Waals surface area contributed by atoms with Crippen LogP contribution in [0.4, 0.5) is 0 Å². The van der Waals surface area contributed by atoms with Gasteiger partial charge < -0.3 is 20.1 Å². The molecule has 2 N–H and O–H groups in total. The zero-order chi connectivity index (χ0) is 15.2. The smallest absolute Gasteiger partial charge is 0.236 e. The molecule has 116 valence electrons. The van der Waals surface area contributed by atoms with Crippen LogP contribution in [0.2, 0.25) is 0 Å². The van der Waals surface area contributed by atoms with Gasteiger partial charge in [-0.2, -0.15) is 0 Å². The van der Waals surface area contributed by atoms with Gasteiger partial charge in [-0.15, -0.1) is 0 Å². The van der Waals surface area contributed by atoms with Crippen LogP contribution < -0.4 is 10.1 Å². The average Bonchev–Trinajstić information content (AvgIpc) is 2.50. The Balaban J connectivity index is 1.92. The maximum absolute atomic E-state index is 12.2. The Morgan fingerprint density at radius 3 is 2.81 bits per heavy atom. The van der Waals surface area contributed by atoms with Crippen molar-refractivity contribution < 1.29 is 14.6 Å². The van der Waals surface area contributed by atoms with Crippen molar-refractivity contribution in [3.63, 3.8) is 0 Å². The van der Waals surface area contributed by atoms with Crippen molar-refractivity contribution in [1.82, 2.24) is 15.1 Å². The highest BCUT2D eigenvalue weighted by Crippen LogP contribution is 2.29. The van der Waals surface area contributed by atoms with E-state index in [1.54, 1.807) is 6.07 Å². The Labute approximate surface area is 125 Å². The maximum atomic E-state index is 12.2. The highest BCUT2D eigenvalue weighted by Gasteiger charge is 2.18. The monoisotopic (exact) mass is 293 g/mol. The predicted molar refractivity (Wildman–Crippen MR) is 80.4 cm³/mol. The SMILES string of the molecule is COc1cccc(CN(C)CC(=O)N2CCNCC2)c1O. The van der Waals surface area contributed by atoms with Crippen molar-refractivity contribution >= 4 is 5.91 Å². The van der Waals surface area contributed by atoms with Crippen molar-refractivity contribution in [1.29, 1.82) is 0 Å². The second kappa shape index (κ2) is 7.28. The van der Waals surface area contributed by atoms with Gasteiger partial charge in [-0.25, -0.2) is 0 Å². The molecule has 1 aromatic rings. The molecule has 0 aliphatic carbocycles. The van der Waals surface area contributed by atoms with Gasteiger partial charge in [0.2, 0.25) is 5.91 Å². The molecular weight excluding hydrogens is 270 g/mol. The number of para-hydroxylation sites is 1. The predicted octanol–water partition coefficient (Wildman–Crippen LogP) is 0.264. The van der Waals surface area contributed by atoms with E-state index in [-0.39, 0.29) is 11.7 Å². The number of phenols is 1. The topological polar surface area (TPSA) is 65.0 Å². The number of ether oxygens (including phenoxy) is 1. The van der Waals surface area contributed by atoms with E-state index in [0.717, 1.165) is 31.7 Å². The van der Waals surface area contributed by atoms with Gasteiger partial charge in [-0.05, 0) is 13.1 Å². The van der Waals surface area contributed by atoms with Gasteiger partial charge in [0.15, 0.2) is 11.5 Å². The van der Waals surface area contributed by atoms with E-state index in [1.165, 1.54) is 7.11 Å². The van der Waals surface area contributed by atoms with Gasteiger partial charge in [0, 0.05) is 38.3 Å². The molecule has 21 heavy (non-hydrogen) atoms. The molecule has 0 aromatic heterocycles. The van der Waals surface area contributed by atoms with Gasteiger partial charge in [-0.3, -0.25) is 9.69 Å². The Morgan fingerprint density at radius 1 is 1.43 bits per heavy atom. The fraction of sp³-hybridized carbons (Fsp3) is 0.533. The van der Waals surface area contributed by atoms with Crippen molar-refractivity contribution in [2.45, 2.75) is 6.54 Å². The van der Waals surface area contributed by atoms with Gasteiger partial charge in [0.05, 0.1) is 13.7 Å². The number of carbonyl (C=O) groups excluding carboxylic acids is 1. The first-order valence-electron chi connectivity index (χ1n) is 7.13. The van der Waals surface area contributed by atoms with E-state index < -0.39 is 0 Å². The lowest BCUT2D eigenvalue weighted by molar-refractivity contribution is -0.132. The molecule has 1 heterocycles. The highest BCUT2D eigenvalue weighted by atomic mass is 16.5. The van der Waals surface area contributed by atoms with E-state index in [0.29, 0.717) is 18.8 Å². The van der Waals surface area contributed by atoms with Crippen LogP contribution in [-0.4, -0.2) is 67.7 Å². The standard InChI is InChI=1S/C15H23N3O3/c1-17(11-14(19)18-8-6-16-7-9-18)10-12-4-3-5-13(21-2)15(12)20/h3-5,16,20H,6-11H2,1-2H3. The van der Waals surface area contributed by atoms with Crippen molar-refractivity contribution in [3.05, 3.63) is 23.8 Å². The van der Waals surface area contributed by atoms with Crippen LogP contribution in [0.1, 0.15) is 5.56 Å². The number of aromatic hydroxyl groups is 1. The summed E-state index contributed by atoms with van der Waals surface area (Å²) in [6.07, 6.45) is 0. The minimum atomic E-state index is 0.126. The number of phenolic OH excluding ortho intramolecular Hbond substituents is 1. The van der Waals surface area contributed by atoms with E-state index in [4.69, 9.17) is 4.74 Å². The summed E-state index contributed by atoms with van der Waals surface area (Å²) in [7, 11) is 3.40. The fourth-order valence-corrected chi connectivity index (χ4v) is 2.45. The molecule has 1 aliphatic rings. The average molecular weight is 293 g/mol. The molecule has 1 aromatic carbocycles. The molecule has 1 amide bonds. The number of likely N-dealkylation sites (N-methyl/N-ethyl adjacent to an activating group) is 1. The summed E-state index contributed by atoms with van der Waals surface area (Å²) >= 11 is 0. The maximum Gasteiger partial charge on any atom is 0.236 e. The molecule has 1 saturated heterocycles. The fourth-order valence-electron chi connectivity index (χ4n) is 2.45. The van der Waals surface area contributed by atoms with Crippen LogP contribution in [0.3, 0.4) is 0 Å². The first-order valence-corrected chi connectivity index (χ1v) is 7.13. The normalized spacial score (nSPS) is 15.3. The number of hydrogen-bond acceptors (Lipinski definition) is 5. The molecule has 0 bridgehead atoms. The molecule has 0 saturated carbocycles.